The molecule has 1 aliphatic heterocycles. The molecule has 0 aromatic heterocycles. The van der Waals surface area contributed by atoms with Crippen LogP contribution in [0.4, 0.5) is 5.69 Å². The molecule has 20 heavy (non-hydrogen) atoms. The molecule has 1 heterocycles. The van der Waals surface area contributed by atoms with Gasteiger partial charge in [0.25, 0.3) is 0 Å². The smallest absolute Gasteiger partial charge is 0.166 e. The largest absolute Gasteiger partial charge is 0.399 e. The van der Waals surface area contributed by atoms with Crippen LogP contribution in [0, 0.1) is 0 Å². The molecule has 6 heteroatoms. The summed E-state index contributed by atoms with van der Waals surface area (Å²) in [4.78, 5) is 2.12. The zero-order valence-corrected chi connectivity index (χ0v) is 13.4. The second-order valence-electron chi connectivity index (χ2n) is 5.01. The molecule has 0 amide bonds. The Morgan fingerprint density at radius 3 is 2.70 bits per heavy atom. The van der Waals surface area contributed by atoms with E-state index < -0.39 is 9.84 Å². The summed E-state index contributed by atoms with van der Waals surface area (Å²) in [6, 6.07) is 7.80. The van der Waals surface area contributed by atoms with Gasteiger partial charge < -0.3 is 5.73 Å². The fraction of sp³-hybridized carbons (Fsp3) is 0.571. The Labute approximate surface area is 125 Å². The van der Waals surface area contributed by atoms with Gasteiger partial charge in [0.15, 0.2) is 9.84 Å². The van der Waals surface area contributed by atoms with E-state index >= 15 is 0 Å². The molecule has 1 aromatic carbocycles. The van der Waals surface area contributed by atoms with Crippen molar-refractivity contribution in [1.29, 1.82) is 0 Å². The van der Waals surface area contributed by atoms with Gasteiger partial charge in [-0.15, -0.1) is 0 Å². The summed E-state index contributed by atoms with van der Waals surface area (Å²) in [5, 5.41) is -0.319. The molecular formula is C14H22N2O2S2. The van der Waals surface area contributed by atoms with Crippen LogP contribution in [0.5, 0.6) is 0 Å². The first kappa shape index (κ1) is 15.7. The molecule has 0 spiro atoms. The predicted molar refractivity (Wildman–Crippen MR) is 86.7 cm³/mol. The van der Waals surface area contributed by atoms with Gasteiger partial charge in [0.2, 0.25) is 0 Å². The molecule has 1 atom stereocenters. The lowest BCUT2D eigenvalue weighted by atomic mass is 10.1. The number of nitrogens with two attached hydrogens (primary N) is 1. The van der Waals surface area contributed by atoms with Gasteiger partial charge in [-0.1, -0.05) is 19.1 Å². The lowest BCUT2D eigenvalue weighted by molar-refractivity contribution is 0.273. The number of benzene rings is 1. The normalized spacial score (nSPS) is 20.9. The standard InChI is InChI=1S/C14H22N2O2S2/c1-2-20(17,18)14-11-19-10-9-16(14)8-7-12-3-5-13(15)6-4-12/h3-6,14H,2,7-11,15H2,1H3. The topological polar surface area (TPSA) is 63.4 Å². The van der Waals surface area contributed by atoms with Crippen LogP contribution in [0.15, 0.2) is 24.3 Å². The van der Waals surface area contributed by atoms with Gasteiger partial charge in [-0.2, -0.15) is 11.8 Å². The Bertz CT molecular complexity index is 529. The summed E-state index contributed by atoms with van der Waals surface area (Å²) >= 11 is 1.74. The molecule has 1 fully saturated rings. The Kier molecular flexibility index (Phi) is 5.35. The average Bonchev–Trinajstić information content (AvgIpc) is 2.47. The highest BCUT2D eigenvalue weighted by atomic mass is 32.2. The third kappa shape index (κ3) is 3.90. The first-order valence-corrected chi connectivity index (χ1v) is 9.77. The van der Waals surface area contributed by atoms with Crippen molar-refractivity contribution in [1.82, 2.24) is 4.90 Å². The summed E-state index contributed by atoms with van der Waals surface area (Å²) in [6.07, 6.45) is 0.862. The van der Waals surface area contributed by atoms with Gasteiger partial charge in [0.1, 0.15) is 5.37 Å². The molecule has 1 unspecified atom stereocenters. The van der Waals surface area contributed by atoms with E-state index in [1.54, 1.807) is 18.7 Å². The van der Waals surface area contributed by atoms with Crippen LogP contribution >= 0.6 is 11.8 Å². The van der Waals surface area contributed by atoms with E-state index in [0.717, 1.165) is 31.0 Å². The van der Waals surface area contributed by atoms with E-state index in [4.69, 9.17) is 5.73 Å². The molecule has 1 saturated heterocycles. The zero-order valence-electron chi connectivity index (χ0n) is 11.8. The number of anilines is 1. The monoisotopic (exact) mass is 314 g/mol. The minimum atomic E-state index is -3.00. The summed E-state index contributed by atoms with van der Waals surface area (Å²) in [5.74, 6) is 1.92. The fourth-order valence-electron chi connectivity index (χ4n) is 2.35. The van der Waals surface area contributed by atoms with Crippen LogP contribution in [-0.2, 0) is 16.3 Å². The molecule has 0 radical (unpaired) electrons. The Hall–Kier alpha value is -0.720. The quantitative estimate of drug-likeness (QED) is 0.837. The van der Waals surface area contributed by atoms with E-state index in [1.165, 1.54) is 5.56 Å². The Morgan fingerprint density at radius 2 is 2.05 bits per heavy atom. The first-order valence-electron chi connectivity index (χ1n) is 6.90. The van der Waals surface area contributed by atoms with Crippen molar-refractivity contribution in [3.05, 3.63) is 29.8 Å². The molecule has 0 saturated carbocycles. The molecule has 1 aromatic rings. The van der Waals surface area contributed by atoms with Gasteiger partial charge in [0, 0.05) is 36.0 Å². The Balaban J connectivity index is 2.00. The summed E-state index contributed by atoms with van der Waals surface area (Å²) in [7, 11) is -3.00. The maximum absolute atomic E-state index is 12.1. The van der Waals surface area contributed by atoms with Crippen molar-refractivity contribution in [3.8, 4) is 0 Å². The van der Waals surface area contributed by atoms with Crippen LogP contribution in [0.25, 0.3) is 0 Å². The number of hydrogen-bond donors (Lipinski definition) is 1. The number of nitrogen functional groups attached to an aromatic ring is 1. The highest BCUT2D eigenvalue weighted by molar-refractivity contribution is 8.01. The predicted octanol–water partition coefficient (Wildman–Crippen LogP) is 1.62. The minimum Gasteiger partial charge on any atom is -0.399 e. The second-order valence-corrected chi connectivity index (χ2v) is 8.61. The second kappa shape index (κ2) is 6.83. The van der Waals surface area contributed by atoms with Crippen LogP contribution < -0.4 is 5.73 Å². The van der Waals surface area contributed by atoms with Gasteiger partial charge in [-0.3, -0.25) is 4.90 Å². The maximum Gasteiger partial charge on any atom is 0.166 e. The molecule has 4 nitrogen and oxygen atoms in total. The average molecular weight is 314 g/mol. The lowest BCUT2D eigenvalue weighted by Crippen LogP contribution is -2.48. The molecule has 2 N–H and O–H groups in total. The van der Waals surface area contributed by atoms with Gasteiger partial charge >= 0.3 is 0 Å². The third-order valence-electron chi connectivity index (χ3n) is 3.67. The van der Waals surface area contributed by atoms with E-state index in [1.807, 2.05) is 24.3 Å². The van der Waals surface area contributed by atoms with Crippen molar-refractivity contribution < 1.29 is 8.42 Å². The van der Waals surface area contributed by atoms with Crippen LogP contribution in [-0.4, -0.2) is 49.0 Å². The van der Waals surface area contributed by atoms with E-state index in [9.17, 15) is 8.42 Å². The van der Waals surface area contributed by atoms with Crippen LogP contribution in [0.1, 0.15) is 12.5 Å². The minimum absolute atomic E-state index is 0.219. The summed E-state index contributed by atoms with van der Waals surface area (Å²) < 4.78 is 24.3. The highest BCUT2D eigenvalue weighted by Gasteiger charge is 2.32. The number of nitrogens with zero attached hydrogens (tertiary/aromatic N) is 1. The summed E-state index contributed by atoms with van der Waals surface area (Å²) in [5.41, 5.74) is 7.63. The van der Waals surface area contributed by atoms with Crippen molar-refractivity contribution >= 4 is 27.3 Å². The lowest BCUT2D eigenvalue weighted by Gasteiger charge is -2.34. The first-order chi connectivity index (χ1) is 9.53. The molecule has 1 aliphatic rings. The number of rotatable bonds is 5. The van der Waals surface area contributed by atoms with Crippen molar-refractivity contribution in [2.75, 3.05) is 36.1 Å². The highest BCUT2D eigenvalue weighted by Crippen LogP contribution is 2.21. The SMILES string of the molecule is CCS(=O)(=O)C1CSCCN1CCc1ccc(N)cc1. The third-order valence-corrected chi connectivity index (χ3v) is 7.01. The molecule has 2 rings (SSSR count). The number of thioether (sulfide) groups is 1. The van der Waals surface area contributed by atoms with Crippen molar-refractivity contribution in [2.24, 2.45) is 0 Å². The van der Waals surface area contributed by atoms with Gasteiger partial charge in [-0.05, 0) is 24.1 Å². The van der Waals surface area contributed by atoms with Gasteiger partial charge in [-0.25, -0.2) is 8.42 Å². The van der Waals surface area contributed by atoms with Crippen molar-refractivity contribution in [3.63, 3.8) is 0 Å². The molecular weight excluding hydrogens is 292 g/mol. The maximum atomic E-state index is 12.1. The Morgan fingerprint density at radius 1 is 1.35 bits per heavy atom. The fourth-order valence-corrected chi connectivity index (χ4v) is 5.46. The van der Waals surface area contributed by atoms with Crippen LogP contribution in [0.3, 0.4) is 0 Å². The number of hydrogen-bond acceptors (Lipinski definition) is 5. The molecule has 0 aliphatic carbocycles. The van der Waals surface area contributed by atoms with Crippen molar-refractivity contribution in [2.45, 2.75) is 18.7 Å². The zero-order chi connectivity index (χ0) is 14.6. The van der Waals surface area contributed by atoms with Crippen LogP contribution in [0.2, 0.25) is 0 Å². The number of sulfone groups is 1. The molecule has 112 valence electrons. The summed E-state index contributed by atoms with van der Waals surface area (Å²) in [6.45, 7) is 3.37. The molecule has 0 bridgehead atoms. The van der Waals surface area contributed by atoms with E-state index in [2.05, 4.69) is 4.90 Å². The van der Waals surface area contributed by atoms with Gasteiger partial charge in [0.05, 0.1) is 0 Å². The van der Waals surface area contributed by atoms with E-state index in [0.29, 0.717) is 5.75 Å². The van der Waals surface area contributed by atoms with E-state index in [-0.39, 0.29) is 11.1 Å².